The molecular formula is C27H28N6O3. The number of anilines is 2. The standard InChI is InChI=1S/C27H28N6O3/c1-2-7-23(35)32-27(26(29)36,15-14-22(28)34)33(20-12-3-8-18-10-5-16-30-24(18)20)21-13-4-9-19-11-6-17-31-25(19)21/h3-6,8-13,16-17H,2,7,14-15H2,1H3,(H2,28,34)(H2,29,36)(H,32,35). The number of pyridine rings is 2. The van der Waals surface area contributed by atoms with E-state index in [0.717, 1.165) is 10.8 Å². The first-order valence-electron chi connectivity index (χ1n) is 11.7. The second kappa shape index (κ2) is 10.4. The van der Waals surface area contributed by atoms with E-state index in [9.17, 15) is 14.4 Å². The van der Waals surface area contributed by atoms with Crippen molar-refractivity contribution < 1.29 is 14.4 Å². The number of hydrogen-bond donors (Lipinski definition) is 3. The lowest BCUT2D eigenvalue weighted by atomic mass is 9.95. The Balaban J connectivity index is 2.09. The lowest BCUT2D eigenvalue weighted by Gasteiger charge is -2.43. The fourth-order valence-corrected chi connectivity index (χ4v) is 4.43. The maximum atomic E-state index is 13.4. The molecule has 1 unspecified atom stereocenters. The van der Waals surface area contributed by atoms with Gasteiger partial charge in [-0.3, -0.25) is 24.4 Å². The minimum Gasteiger partial charge on any atom is -0.370 e. The molecule has 2 aromatic carbocycles. The van der Waals surface area contributed by atoms with Crippen molar-refractivity contribution in [1.82, 2.24) is 15.3 Å². The molecule has 4 rings (SSSR count). The summed E-state index contributed by atoms with van der Waals surface area (Å²) in [6.07, 6.45) is 3.68. The highest BCUT2D eigenvalue weighted by Crippen LogP contribution is 2.41. The number of rotatable bonds is 10. The van der Waals surface area contributed by atoms with Crippen LogP contribution in [0.2, 0.25) is 0 Å². The van der Waals surface area contributed by atoms with Crippen molar-refractivity contribution in [3.8, 4) is 0 Å². The fourth-order valence-electron chi connectivity index (χ4n) is 4.43. The fraction of sp³-hybridized carbons (Fsp3) is 0.222. The Kier molecular flexibility index (Phi) is 7.10. The van der Waals surface area contributed by atoms with E-state index in [-0.39, 0.29) is 25.2 Å². The molecule has 2 heterocycles. The average Bonchev–Trinajstić information content (AvgIpc) is 2.87. The zero-order valence-electron chi connectivity index (χ0n) is 20.0. The monoisotopic (exact) mass is 484 g/mol. The summed E-state index contributed by atoms with van der Waals surface area (Å²) in [6, 6.07) is 18.5. The van der Waals surface area contributed by atoms with Crippen LogP contribution in [-0.2, 0) is 14.4 Å². The summed E-state index contributed by atoms with van der Waals surface area (Å²) in [5.41, 5.74) is 12.0. The van der Waals surface area contributed by atoms with Crippen LogP contribution in [0.25, 0.3) is 21.8 Å². The molecule has 0 fully saturated rings. The van der Waals surface area contributed by atoms with Gasteiger partial charge in [0.15, 0.2) is 5.66 Å². The molecule has 9 nitrogen and oxygen atoms in total. The molecule has 0 aliphatic carbocycles. The first kappa shape index (κ1) is 24.6. The Morgan fingerprint density at radius 2 is 1.36 bits per heavy atom. The third-order valence-corrected chi connectivity index (χ3v) is 6.05. The number of aromatic nitrogens is 2. The molecule has 0 aliphatic rings. The quantitative estimate of drug-likeness (QED) is 0.295. The predicted octanol–water partition coefficient (Wildman–Crippen LogP) is 3.28. The maximum absolute atomic E-state index is 13.4. The Bertz CT molecular complexity index is 1350. The van der Waals surface area contributed by atoms with E-state index >= 15 is 0 Å². The number of para-hydroxylation sites is 2. The number of nitrogens with zero attached hydrogens (tertiary/aromatic N) is 3. The van der Waals surface area contributed by atoms with Gasteiger partial charge in [0, 0.05) is 42.4 Å². The van der Waals surface area contributed by atoms with Gasteiger partial charge >= 0.3 is 0 Å². The predicted molar refractivity (Wildman–Crippen MR) is 139 cm³/mol. The lowest BCUT2D eigenvalue weighted by molar-refractivity contribution is -0.132. The lowest BCUT2D eigenvalue weighted by Crippen LogP contribution is -2.67. The van der Waals surface area contributed by atoms with Gasteiger partial charge in [0.25, 0.3) is 5.91 Å². The molecular weight excluding hydrogens is 456 g/mol. The number of fused-ring (bicyclic) bond motifs is 2. The first-order valence-corrected chi connectivity index (χ1v) is 11.7. The summed E-state index contributed by atoms with van der Waals surface area (Å²) in [5.74, 6) is -1.85. The van der Waals surface area contributed by atoms with Crippen LogP contribution in [0, 0.1) is 0 Å². The Morgan fingerprint density at radius 3 is 1.83 bits per heavy atom. The van der Waals surface area contributed by atoms with E-state index in [1.165, 1.54) is 0 Å². The highest BCUT2D eigenvalue weighted by molar-refractivity contribution is 6.04. The summed E-state index contributed by atoms with van der Waals surface area (Å²) in [6.45, 7) is 1.86. The van der Waals surface area contributed by atoms with Crippen LogP contribution in [0.1, 0.15) is 32.6 Å². The number of nitrogens with one attached hydrogen (secondary N) is 1. The number of primary amides is 2. The second-order valence-corrected chi connectivity index (χ2v) is 8.53. The Labute approximate surface area is 208 Å². The van der Waals surface area contributed by atoms with Gasteiger partial charge in [-0.15, -0.1) is 0 Å². The van der Waals surface area contributed by atoms with Gasteiger partial charge in [0.1, 0.15) is 0 Å². The number of benzene rings is 2. The molecule has 0 bridgehead atoms. The minimum absolute atomic E-state index is 0.153. The van der Waals surface area contributed by atoms with Gasteiger partial charge < -0.3 is 21.7 Å². The minimum atomic E-state index is -1.83. The largest absolute Gasteiger partial charge is 0.370 e. The van der Waals surface area contributed by atoms with Crippen molar-refractivity contribution in [1.29, 1.82) is 0 Å². The molecule has 2 aromatic heterocycles. The molecule has 0 radical (unpaired) electrons. The van der Waals surface area contributed by atoms with Crippen molar-refractivity contribution >= 4 is 50.9 Å². The topological polar surface area (TPSA) is 144 Å². The summed E-state index contributed by atoms with van der Waals surface area (Å²) in [7, 11) is 0. The molecule has 36 heavy (non-hydrogen) atoms. The van der Waals surface area contributed by atoms with Crippen LogP contribution in [0.15, 0.2) is 73.1 Å². The van der Waals surface area contributed by atoms with Crippen LogP contribution in [-0.4, -0.2) is 33.4 Å². The van der Waals surface area contributed by atoms with Gasteiger partial charge in [-0.05, 0) is 30.7 Å². The smallest absolute Gasteiger partial charge is 0.264 e. The third kappa shape index (κ3) is 4.68. The molecule has 5 N–H and O–H groups in total. The highest BCUT2D eigenvalue weighted by Gasteiger charge is 2.46. The molecule has 9 heteroatoms. The average molecular weight is 485 g/mol. The van der Waals surface area contributed by atoms with Crippen molar-refractivity contribution in [3.05, 3.63) is 73.1 Å². The number of amides is 3. The van der Waals surface area contributed by atoms with E-state index in [2.05, 4.69) is 15.3 Å². The second-order valence-electron chi connectivity index (χ2n) is 8.53. The van der Waals surface area contributed by atoms with E-state index in [4.69, 9.17) is 11.5 Å². The van der Waals surface area contributed by atoms with Crippen molar-refractivity contribution in [2.75, 3.05) is 4.90 Å². The number of hydrogen-bond acceptors (Lipinski definition) is 6. The molecule has 4 aromatic rings. The van der Waals surface area contributed by atoms with Crippen molar-refractivity contribution in [2.24, 2.45) is 11.5 Å². The van der Waals surface area contributed by atoms with Crippen LogP contribution in [0.4, 0.5) is 11.4 Å². The number of nitrogens with two attached hydrogens (primary N) is 2. The summed E-state index contributed by atoms with van der Waals surface area (Å²) in [5, 5.41) is 4.50. The van der Waals surface area contributed by atoms with Gasteiger partial charge in [0.2, 0.25) is 11.8 Å². The molecule has 0 aliphatic heterocycles. The molecule has 3 amide bonds. The Hall–Kier alpha value is -4.53. The molecule has 184 valence electrons. The third-order valence-electron chi connectivity index (χ3n) is 6.05. The van der Waals surface area contributed by atoms with E-state index < -0.39 is 17.5 Å². The van der Waals surface area contributed by atoms with Crippen molar-refractivity contribution in [3.63, 3.8) is 0 Å². The van der Waals surface area contributed by atoms with Gasteiger partial charge in [-0.25, -0.2) is 0 Å². The van der Waals surface area contributed by atoms with E-state index in [1.54, 1.807) is 29.4 Å². The van der Waals surface area contributed by atoms with Crippen LogP contribution in [0.3, 0.4) is 0 Å². The van der Waals surface area contributed by atoms with Crippen molar-refractivity contribution in [2.45, 2.75) is 38.3 Å². The summed E-state index contributed by atoms with van der Waals surface area (Å²) >= 11 is 0. The normalized spacial score (nSPS) is 12.7. The highest BCUT2D eigenvalue weighted by atomic mass is 16.2. The molecule has 0 spiro atoms. The summed E-state index contributed by atoms with van der Waals surface area (Å²) < 4.78 is 0. The van der Waals surface area contributed by atoms with Gasteiger partial charge in [0.05, 0.1) is 22.4 Å². The molecule has 1 atom stereocenters. The number of carbonyl (C=O) groups excluding carboxylic acids is 3. The van der Waals surface area contributed by atoms with Crippen LogP contribution in [0.5, 0.6) is 0 Å². The van der Waals surface area contributed by atoms with Gasteiger partial charge in [-0.1, -0.05) is 43.3 Å². The summed E-state index contributed by atoms with van der Waals surface area (Å²) in [4.78, 5) is 49.1. The van der Waals surface area contributed by atoms with Crippen LogP contribution < -0.4 is 21.7 Å². The molecule has 0 saturated heterocycles. The first-order chi connectivity index (χ1) is 17.4. The maximum Gasteiger partial charge on any atom is 0.264 e. The zero-order chi connectivity index (χ0) is 25.7. The molecule has 0 saturated carbocycles. The van der Waals surface area contributed by atoms with Gasteiger partial charge in [-0.2, -0.15) is 0 Å². The van der Waals surface area contributed by atoms with E-state index in [0.29, 0.717) is 28.8 Å². The van der Waals surface area contributed by atoms with E-state index in [1.807, 2.05) is 55.5 Å². The zero-order valence-corrected chi connectivity index (χ0v) is 20.0. The Morgan fingerprint density at radius 1 is 0.833 bits per heavy atom. The number of carbonyl (C=O) groups is 3. The SMILES string of the molecule is CCCC(=O)NC(CCC(N)=O)(C(N)=O)N(c1cccc2cccnc12)c1cccc2cccnc12. The van der Waals surface area contributed by atoms with Crippen LogP contribution >= 0.6 is 0 Å².